The van der Waals surface area contributed by atoms with E-state index in [1.807, 2.05) is 0 Å². The minimum absolute atomic E-state index is 0. The summed E-state index contributed by atoms with van der Waals surface area (Å²) in [5.41, 5.74) is 5.05. The number of aryl methyl sites for hydroxylation is 1. The van der Waals surface area contributed by atoms with Gasteiger partial charge in [-0.15, -0.1) is 0 Å². The average molecular weight is 596 g/mol. The monoisotopic (exact) mass is 596 g/mol. The van der Waals surface area contributed by atoms with Crippen LogP contribution in [0.3, 0.4) is 0 Å². The van der Waals surface area contributed by atoms with Crippen LogP contribution in [0.1, 0.15) is 17.5 Å². The van der Waals surface area contributed by atoms with Crippen molar-refractivity contribution in [3.8, 4) is 0 Å². The highest BCUT2D eigenvalue weighted by atomic mass is 127. The lowest BCUT2D eigenvalue weighted by Crippen LogP contribution is -3.00. The minimum atomic E-state index is -0.298. The largest absolute Gasteiger partial charge is 1.00 e. The SMILES string of the molecule is C[N+](C)(C)c1ccc(CCC(O)Cc2ccc([N+](C)(C)C)cc2)cc1.[I-].[I-]. The first-order valence-corrected chi connectivity index (χ1v) is 9.06. The van der Waals surface area contributed by atoms with Gasteiger partial charge in [0.2, 0.25) is 0 Å². The fraction of sp³-hybridized carbons (Fsp3) is 0.455. The van der Waals surface area contributed by atoms with Gasteiger partial charge in [0.05, 0.1) is 48.4 Å². The predicted octanol–water partition coefficient (Wildman–Crippen LogP) is -2.38. The first-order chi connectivity index (χ1) is 11.6. The topological polar surface area (TPSA) is 20.2 Å². The molecule has 0 aromatic heterocycles. The summed E-state index contributed by atoms with van der Waals surface area (Å²) in [4.78, 5) is 0. The zero-order valence-corrected chi connectivity index (χ0v) is 21.7. The lowest BCUT2D eigenvalue weighted by Gasteiger charge is -2.23. The number of quaternary nitrogens is 2. The summed E-state index contributed by atoms with van der Waals surface area (Å²) in [6.07, 6.45) is 2.12. The molecule has 2 aromatic rings. The van der Waals surface area contributed by atoms with Gasteiger partial charge in [-0.2, -0.15) is 0 Å². The number of hydrogen-bond acceptors (Lipinski definition) is 1. The van der Waals surface area contributed by atoms with Crippen molar-refractivity contribution in [3.05, 3.63) is 59.7 Å². The Morgan fingerprint density at radius 1 is 0.667 bits per heavy atom. The van der Waals surface area contributed by atoms with Crippen molar-refractivity contribution in [1.29, 1.82) is 0 Å². The highest BCUT2D eigenvalue weighted by Crippen LogP contribution is 2.20. The summed E-state index contributed by atoms with van der Waals surface area (Å²) in [6, 6.07) is 17.3. The van der Waals surface area contributed by atoms with Gasteiger partial charge in [0.25, 0.3) is 0 Å². The van der Waals surface area contributed by atoms with Gasteiger partial charge in [-0.1, -0.05) is 24.3 Å². The van der Waals surface area contributed by atoms with Crippen LogP contribution in [0.4, 0.5) is 11.4 Å². The summed E-state index contributed by atoms with van der Waals surface area (Å²) >= 11 is 0. The van der Waals surface area contributed by atoms with E-state index in [-0.39, 0.29) is 54.1 Å². The molecule has 1 N–H and O–H groups in total. The van der Waals surface area contributed by atoms with Crippen LogP contribution >= 0.6 is 0 Å². The molecule has 2 rings (SSSR count). The van der Waals surface area contributed by atoms with E-state index >= 15 is 0 Å². The third kappa shape index (κ3) is 8.77. The van der Waals surface area contributed by atoms with Gasteiger partial charge < -0.3 is 53.1 Å². The van der Waals surface area contributed by atoms with E-state index in [0.29, 0.717) is 6.42 Å². The lowest BCUT2D eigenvalue weighted by molar-refractivity contribution is -0.001000. The van der Waals surface area contributed by atoms with Crippen LogP contribution in [0.5, 0.6) is 0 Å². The summed E-state index contributed by atoms with van der Waals surface area (Å²) in [6.45, 7) is 0. The maximum absolute atomic E-state index is 10.4. The molecule has 3 nitrogen and oxygen atoms in total. The van der Waals surface area contributed by atoms with E-state index in [4.69, 9.17) is 0 Å². The van der Waals surface area contributed by atoms with E-state index in [0.717, 1.165) is 21.8 Å². The molecule has 0 amide bonds. The molecular formula is C22H34I2N2O. The van der Waals surface area contributed by atoms with Crippen molar-refractivity contribution in [3.63, 3.8) is 0 Å². The van der Waals surface area contributed by atoms with Crippen LogP contribution in [-0.4, -0.2) is 53.5 Å². The normalized spacial score (nSPS) is 12.7. The third-order valence-corrected chi connectivity index (χ3v) is 4.66. The molecular weight excluding hydrogens is 562 g/mol. The van der Waals surface area contributed by atoms with E-state index in [1.165, 1.54) is 22.5 Å². The Labute approximate surface area is 199 Å². The Morgan fingerprint density at radius 3 is 1.41 bits per heavy atom. The molecule has 152 valence electrons. The molecule has 0 fully saturated rings. The van der Waals surface area contributed by atoms with Gasteiger partial charge in [-0.3, -0.25) is 8.97 Å². The van der Waals surface area contributed by atoms with Crippen molar-refractivity contribution in [2.75, 3.05) is 42.3 Å². The van der Waals surface area contributed by atoms with Crippen molar-refractivity contribution < 1.29 is 53.1 Å². The molecule has 1 unspecified atom stereocenters. The molecule has 1 atom stereocenters. The highest BCUT2D eigenvalue weighted by molar-refractivity contribution is 5.43. The van der Waals surface area contributed by atoms with Crippen molar-refractivity contribution in [1.82, 2.24) is 8.97 Å². The van der Waals surface area contributed by atoms with Gasteiger partial charge in [-0.05, 0) is 54.7 Å². The number of rotatable bonds is 7. The molecule has 27 heavy (non-hydrogen) atoms. The fourth-order valence-electron chi connectivity index (χ4n) is 2.90. The second-order valence-corrected chi connectivity index (χ2v) is 8.75. The van der Waals surface area contributed by atoms with Gasteiger partial charge in [0.15, 0.2) is 0 Å². The second-order valence-electron chi connectivity index (χ2n) is 8.75. The summed E-state index contributed by atoms with van der Waals surface area (Å²) in [5, 5.41) is 10.4. The Kier molecular flexibility index (Phi) is 11.0. The molecule has 0 bridgehead atoms. The zero-order chi connectivity index (χ0) is 18.7. The number of hydrogen-bond donors (Lipinski definition) is 1. The smallest absolute Gasteiger partial charge is 0.132 e. The molecule has 0 saturated carbocycles. The molecule has 0 heterocycles. The molecule has 0 saturated heterocycles. The van der Waals surface area contributed by atoms with Crippen LogP contribution in [0.2, 0.25) is 0 Å². The Morgan fingerprint density at radius 2 is 1.04 bits per heavy atom. The van der Waals surface area contributed by atoms with E-state index in [9.17, 15) is 5.11 Å². The average Bonchev–Trinajstić information content (AvgIpc) is 2.52. The number of benzene rings is 2. The first-order valence-electron chi connectivity index (χ1n) is 9.06. The molecule has 5 heteroatoms. The summed E-state index contributed by atoms with van der Waals surface area (Å²) in [7, 11) is 13.0. The molecule has 0 aliphatic heterocycles. The maximum atomic E-state index is 10.4. The quantitative estimate of drug-likeness (QED) is 0.280. The van der Waals surface area contributed by atoms with Crippen molar-refractivity contribution in [2.24, 2.45) is 0 Å². The number of aliphatic hydroxyl groups excluding tert-OH is 1. The van der Waals surface area contributed by atoms with Gasteiger partial charge in [0, 0.05) is 0 Å². The van der Waals surface area contributed by atoms with Crippen LogP contribution in [0, 0.1) is 0 Å². The number of aliphatic hydroxyl groups is 1. The molecule has 2 aromatic carbocycles. The zero-order valence-electron chi connectivity index (χ0n) is 17.4. The Balaban J connectivity index is 0.00000338. The standard InChI is InChI=1S/C22H34N2O.2HI/c1-23(2,3)20-12-7-18(8-13-20)11-16-22(25)17-19-9-14-21(15-10-19)24(4,5)6;;/h7-10,12-15,22,25H,11,16-17H2,1-6H3;2*1H/q+2;;/p-2. The number of halogens is 2. The minimum Gasteiger partial charge on any atom is -1.00 e. The second kappa shape index (κ2) is 11.1. The Bertz CT molecular complexity index is 671. The van der Waals surface area contributed by atoms with Crippen LogP contribution in [0.15, 0.2) is 48.5 Å². The number of nitrogens with zero attached hydrogens (tertiary/aromatic N) is 2. The van der Waals surface area contributed by atoms with E-state index in [1.54, 1.807) is 0 Å². The van der Waals surface area contributed by atoms with Gasteiger partial charge in [-0.25, -0.2) is 0 Å². The molecule has 0 radical (unpaired) electrons. The molecule has 0 aliphatic rings. The van der Waals surface area contributed by atoms with Crippen LogP contribution in [-0.2, 0) is 12.8 Å². The van der Waals surface area contributed by atoms with Crippen LogP contribution in [0.25, 0.3) is 0 Å². The third-order valence-electron chi connectivity index (χ3n) is 4.66. The fourth-order valence-corrected chi connectivity index (χ4v) is 2.90. The van der Waals surface area contributed by atoms with Crippen LogP contribution < -0.4 is 56.9 Å². The van der Waals surface area contributed by atoms with Crippen molar-refractivity contribution >= 4 is 11.4 Å². The van der Waals surface area contributed by atoms with Gasteiger partial charge >= 0.3 is 0 Å². The predicted molar refractivity (Wildman–Crippen MR) is 110 cm³/mol. The summed E-state index contributed by atoms with van der Waals surface area (Å²) < 4.78 is 1.64. The Hall–Kier alpha value is -0.220. The van der Waals surface area contributed by atoms with E-state index in [2.05, 4.69) is 90.8 Å². The highest BCUT2D eigenvalue weighted by Gasteiger charge is 2.13. The molecule has 0 aliphatic carbocycles. The maximum Gasteiger partial charge on any atom is 0.132 e. The molecule has 0 spiro atoms. The first kappa shape index (κ1) is 26.8. The van der Waals surface area contributed by atoms with Crippen molar-refractivity contribution in [2.45, 2.75) is 25.4 Å². The van der Waals surface area contributed by atoms with E-state index < -0.39 is 0 Å². The lowest BCUT2D eigenvalue weighted by atomic mass is 10.0. The summed E-state index contributed by atoms with van der Waals surface area (Å²) in [5.74, 6) is 0. The van der Waals surface area contributed by atoms with Gasteiger partial charge in [0.1, 0.15) is 11.4 Å².